The zero-order valence-corrected chi connectivity index (χ0v) is 12.0. The number of hydrogen-bond acceptors (Lipinski definition) is 3. The standard InChI is InChI=1S/C15H29N3/c1-16-8-4-7-14(12-16)18-11-5-10-17-9-3-2-6-15(17)13-18/h14-15H,2-13H2,1H3. The Bertz CT molecular complexity index is 268. The minimum Gasteiger partial charge on any atom is -0.305 e. The Hall–Kier alpha value is -0.120. The van der Waals surface area contributed by atoms with Crippen molar-refractivity contribution in [3.63, 3.8) is 0 Å². The highest BCUT2D eigenvalue weighted by Crippen LogP contribution is 2.24. The third-order valence-corrected chi connectivity index (χ3v) is 5.20. The highest BCUT2D eigenvalue weighted by molar-refractivity contribution is 4.88. The maximum absolute atomic E-state index is 2.83. The number of fused-ring (bicyclic) bond motifs is 1. The van der Waals surface area contributed by atoms with Crippen LogP contribution in [0.25, 0.3) is 0 Å². The van der Waals surface area contributed by atoms with Gasteiger partial charge in [0.05, 0.1) is 0 Å². The van der Waals surface area contributed by atoms with Crippen molar-refractivity contribution in [1.82, 2.24) is 14.7 Å². The van der Waals surface area contributed by atoms with Crippen molar-refractivity contribution in [3.05, 3.63) is 0 Å². The maximum atomic E-state index is 2.83. The molecule has 3 heterocycles. The summed E-state index contributed by atoms with van der Waals surface area (Å²) >= 11 is 0. The Balaban J connectivity index is 1.61. The molecule has 3 fully saturated rings. The van der Waals surface area contributed by atoms with Crippen molar-refractivity contribution in [2.45, 2.75) is 50.6 Å². The lowest BCUT2D eigenvalue weighted by molar-refractivity contribution is 0.0853. The van der Waals surface area contributed by atoms with Crippen LogP contribution in [0.5, 0.6) is 0 Å². The first-order valence-electron chi connectivity index (χ1n) is 7.99. The normalized spacial score (nSPS) is 37.2. The number of likely N-dealkylation sites (N-methyl/N-ethyl adjacent to an activating group) is 1. The van der Waals surface area contributed by atoms with Crippen LogP contribution in [0, 0.1) is 0 Å². The predicted molar refractivity (Wildman–Crippen MR) is 75.9 cm³/mol. The molecule has 0 aromatic carbocycles. The highest BCUT2D eigenvalue weighted by atomic mass is 15.3. The fourth-order valence-electron chi connectivity index (χ4n) is 4.17. The van der Waals surface area contributed by atoms with Gasteiger partial charge in [0.1, 0.15) is 0 Å². The molecule has 3 nitrogen and oxygen atoms in total. The van der Waals surface area contributed by atoms with Gasteiger partial charge in [-0.1, -0.05) is 6.42 Å². The quantitative estimate of drug-likeness (QED) is 0.701. The van der Waals surface area contributed by atoms with E-state index in [0.29, 0.717) is 0 Å². The SMILES string of the molecule is CN1CCCC(N2CCCN3CCCCC3C2)C1. The maximum Gasteiger partial charge on any atom is 0.0224 e. The first-order chi connectivity index (χ1) is 8.83. The van der Waals surface area contributed by atoms with Gasteiger partial charge < -0.3 is 4.90 Å². The molecule has 0 N–H and O–H groups in total. The zero-order chi connectivity index (χ0) is 12.4. The van der Waals surface area contributed by atoms with E-state index in [4.69, 9.17) is 0 Å². The smallest absolute Gasteiger partial charge is 0.0224 e. The molecule has 104 valence electrons. The molecule has 3 rings (SSSR count). The van der Waals surface area contributed by atoms with E-state index < -0.39 is 0 Å². The topological polar surface area (TPSA) is 9.72 Å². The minimum absolute atomic E-state index is 0.839. The Labute approximate surface area is 112 Å². The summed E-state index contributed by atoms with van der Waals surface area (Å²) in [5.74, 6) is 0. The van der Waals surface area contributed by atoms with Crippen molar-refractivity contribution in [1.29, 1.82) is 0 Å². The second-order valence-corrected chi connectivity index (χ2v) is 6.59. The minimum atomic E-state index is 0.839. The summed E-state index contributed by atoms with van der Waals surface area (Å²) in [6, 6.07) is 1.71. The molecule has 0 spiro atoms. The highest BCUT2D eigenvalue weighted by Gasteiger charge is 2.31. The zero-order valence-electron chi connectivity index (χ0n) is 12.0. The average molecular weight is 251 g/mol. The molecule has 2 unspecified atom stereocenters. The molecule has 3 aliphatic heterocycles. The molecule has 0 aliphatic carbocycles. The van der Waals surface area contributed by atoms with E-state index >= 15 is 0 Å². The molecule has 18 heavy (non-hydrogen) atoms. The molecular weight excluding hydrogens is 222 g/mol. The van der Waals surface area contributed by atoms with Crippen LogP contribution in [0.15, 0.2) is 0 Å². The van der Waals surface area contributed by atoms with E-state index in [2.05, 4.69) is 21.7 Å². The summed E-state index contributed by atoms with van der Waals surface area (Å²) in [7, 11) is 2.29. The average Bonchev–Trinajstić information content (AvgIpc) is 2.60. The molecule has 3 aliphatic rings. The molecule has 0 aromatic heterocycles. The van der Waals surface area contributed by atoms with E-state index in [1.54, 1.807) is 0 Å². The van der Waals surface area contributed by atoms with E-state index in [1.165, 1.54) is 77.8 Å². The van der Waals surface area contributed by atoms with Crippen LogP contribution >= 0.6 is 0 Å². The first-order valence-corrected chi connectivity index (χ1v) is 7.99. The summed E-state index contributed by atoms with van der Waals surface area (Å²) < 4.78 is 0. The molecule has 0 bridgehead atoms. The van der Waals surface area contributed by atoms with Crippen LogP contribution in [-0.2, 0) is 0 Å². The fourth-order valence-corrected chi connectivity index (χ4v) is 4.17. The third kappa shape index (κ3) is 2.89. The van der Waals surface area contributed by atoms with Crippen LogP contribution < -0.4 is 0 Å². The Kier molecular flexibility index (Phi) is 4.22. The van der Waals surface area contributed by atoms with Gasteiger partial charge >= 0.3 is 0 Å². The van der Waals surface area contributed by atoms with Gasteiger partial charge in [0.15, 0.2) is 0 Å². The number of rotatable bonds is 1. The van der Waals surface area contributed by atoms with Crippen LogP contribution in [0.3, 0.4) is 0 Å². The van der Waals surface area contributed by atoms with E-state index in [-0.39, 0.29) is 0 Å². The van der Waals surface area contributed by atoms with E-state index in [0.717, 1.165) is 12.1 Å². The predicted octanol–water partition coefficient (Wildman–Crippen LogP) is 1.64. The van der Waals surface area contributed by atoms with Crippen LogP contribution in [0.1, 0.15) is 38.5 Å². The van der Waals surface area contributed by atoms with Crippen molar-refractivity contribution in [2.75, 3.05) is 46.3 Å². The molecule has 0 amide bonds. The monoisotopic (exact) mass is 251 g/mol. The van der Waals surface area contributed by atoms with Gasteiger partial charge in [-0.2, -0.15) is 0 Å². The van der Waals surface area contributed by atoms with Crippen LogP contribution in [0.2, 0.25) is 0 Å². The van der Waals surface area contributed by atoms with E-state index in [9.17, 15) is 0 Å². The van der Waals surface area contributed by atoms with Gasteiger partial charge in [0.25, 0.3) is 0 Å². The van der Waals surface area contributed by atoms with Crippen molar-refractivity contribution < 1.29 is 0 Å². The van der Waals surface area contributed by atoms with Crippen molar-refractivity contribution in [2.24, 2.45) is 0 Å². The molecule has 0 radical (unpaired) electrons. The van der Waals surface area contributed by atoms with Gasteiger partial charge in [-0.15, -0.1) is 0 Å². The molecular formula is C15H29N3. The Morgan fingerprint density at radius 1 is 0.667 bits per heavy atom. The summed E-state index contributed by atoms with van der Waals surface area (Å²) in [5.41, 5.74) is 0. The summed E-state index contributed by atoms with van der Waals surface area (Å²) in [6.45, 7) is 8.00. The second kappa shape index (κ2) is 5.89. The second-order valence-electron chi connectivity index (χ2n) is 6.59. The van der Waals surface area contributed by atoms with Gasteiger partial charge in [0, 0.05) is 25.2 Å². The number of piperidine rings is 2. The number of likely N-dealkylation sites (tertiary alicyclic amines) is 1. The number of nitrogens with zero attached hydrogens (tertiary/aromatic N) is 3. The molecule has 2 atom stereocenters. The molecule has 0 aromatic rings. The Morgan fingerprint density at radius 2 is 1.39 bits per heavy atom. The third-order valence-electron chi connectivity index (χ3n) is 5.20. The van der Waals surface area contributed by atoms with Gasteiger partial charge in [0.2, 0.25) is 0 Å². The van der Waals surface area contributed by atoms with Crippen LogP contribution in [-0.4, -0.2) is 73.1 Å². The summed E-state index contributed by atoms with van der Waals surface area (Å²) in [5, 5.41) is 0. The first kappa shape index (κ1) is 12.9. The van der Waals surface area contributed by atoms with Gasteiger partial charge in [-0.05, 0) is 65.3 Å². The summed E-state index contributed by atoms with van der Waals surface area (Å²) in [6.07, 6.45) is 8.54. The van der Waals surface area contributed by atoms with E-state index in [1.807, 2.05) is 0 Å². The van der Waals surface area contributed by atoms with Crippen molar-refractivity contribution in [3.8, 4) is 0 Å². The van der Waals surface area contributed by atoms with Crippen LogP contribution in [0.4, 0.5) is 0 Å². The molecule has 0 saturated carbocycles. The number of hydrogen-bond donors (Lipinski definition) is 0. The lowest BCUT2D eigenvalue weighted by Crippen LogP contribution is -2.50. The van der Waals surface area contributed by atoms with Gasteiger partial charge in [-0.25, -0.2) is 0 Å². The largest absolute Gasteiger partial charge is 0.305 e. The van der Waals surface area contributed by atoms with Crippen molar-refractivity contribution >= 4 is 0 Å². The Morgan fingerprint density at radius 3 is 2.28 bits per heavy atom. The molecule has 3 saturated heterocycles. The van der Waals surface area contributed by atoms with Gasteiger partial charge in [-0.3, -0.25) is 9.80 Å². The molecule has 3 heteroatoms. The lowest BCUT2D eigenvalue weighted by atomic mass is 10.00. The lowest BCUT2D eigenvalue weighted by Gasteiger charge is -2.40. The fraction of sp³-hybridized carbons (Fsp3) is 1.00. The summed E-state index contributed by atoms with van der Waals surface area (Å²) in [4.78, 5) is 8.12.